The maximum atomic E-state index is 13.1. The molecule has 3 rings (SSSR count). The Labute approximate surface area is 155 Å². The lowest BCUT2D eigenvalue weighted by Gasteiger charge is -2.15. The third kappa shape index (κ3) is 3.39. The van der Waals surface area contributed by atoms with Crippen molar-refractivity contribution in [3.63, 3.8) is 0 Å². The predicted octanol–water partition coefficient (Wildman–Crippen LogP) is 5.93. The van der Waals surface area contributed by atoms with Crippen LogP contribution in [0.5, 0.6) is 0 Å². The zero-order valence-corrected chi connectivity index (χ0v) is 15.1. The van der Waals surface area contributed by atoms with Crippen molar-refractivity contribution in [1.82, 2.24) is 4.57 Å². The van der Waals surface area contributed by atoms with Crippen LogP contribution in [0.15, 0.2) is 59.1 Å². The Morgan fingerprint density at radius 1 is 1.08 bits per heavy atom. The van der Waals surface area contributed by atoms with Crippen LogP contribution in [-0.2, 0) is 6.18 Å². The van der Waals surface area contributed by atoms with Crippen LogP contribution in [0.25, 0.3) is 16.9 Å². The van der Waals surface area contributed by atoms with Gasteiger partial charge in [0.25, 0.3) is 0 Å². The number of nitrogens with zero attached hydrogens (tertiary/aromatic N) is 1. The van der Waals surface area contributed by atoms with Crippen LogP contribution < -0.4 is 0 Å². The average molecular weight is 424 g/mol. The summed E-state index contributed by atoms with van der Waals surface area (Å²) in [6.45, 7) is 1.58. The van der Waals surface area contributed by atoms with Gasteiger partial charge in [-0.1, -0.05) is 34.1 Å². The number of carboxylic acid groups (broad SMARTS) is 1. The molecule has 1 aromatic heterocycles. The molecule has 0 spiro atoms. The zero-order chi connectivity index (χ0) is 19.1. The first kappa shape index (κ1) is 18.3. The van der Waals surface area contributed by atoms with Gasteiger partial charge in [-0.05, 0) is 48.9 Å². The lowest BCUT2D eigenvalue weighted by atomic mass is 10.1. The molecule has 7 heteroatoms. The molecule has 0 aliphatic heterocycles. The molecule has 0 bridgehead atoms. The number of benzene rings is 2. The van der Waals surface area contributed by atoms with E-state index in [2.05, 4.69) is 15.9 Å². The van der Waals surface area contributed by atoms with Gasteiger partial charge < -0.3 is 9.67 Å². The molecule has 0 saturated heterocycles. The minimum atomic E-state index is -4.48. The van der Waals surface area contributed by atoms with E-state index in [1.165, 1.54) is 22.8 Å². The predicted molar refractivity (Wildman–Crippen MR) is 95.6 cm³/mol. The number of aromatic nitrogens is 1. The molecular weight excluding hydrogens is 411 g/mol. The van der Waals surface area contributed by atoms with Crippen LogP contribution in [-0.4, -0.2) is 15.6 Å². The Kier molecular flexibility index (Phi) is 4.66. The van der Waals surface area contributed by atoms with Crippen LogP contribution >= 0.6 is 15.9 Å². The third-order valence-corrected chi connectivity index (χ3v) is 4.58. The molecule has 0 fully saturated rings. The Morgan fingerprint density at radius 2 is 1.73 bits per heavy atom. The van der Waals surface area contributed by atoms with Gasteiger partial charge in [0.2, 0.25) is 0 Å². The summed E-state index contributed by atoms with van der Waals surface area (Å²) in [5, 5.41) is 9.42. The molecule has 1 N–H and O–H groups in total. The van der Waals surface area contributed by atoms with Gasteiger partial charge in [0.15, 0.2) is 0 Å². The lowest BCUT2D eigenvalue weighted by Crippen LogP contribution is -2.07. The van der Waals surface area contributed by atoms with Crippen molar-refractivity contribution < 1.29 is 23.1 Å². The van der Waals surface area contributed by atoms with Crippen molar-refractivity contribution >= 4 is 21.9 Å². The van der Waals surface area contributed by atoms with E-state index < -0.39 is 17.7 Å². The van der Waals surface area contributed by atoms with E-state index in [0.717, 1.165) is 16.6 Å². The van der Waals surface area contributed by atoms with Crippen LogP contribution in [0.4, 0.5) is 13.2 Å². The molecular formula is C19H13BrF3NO2. The van der Waals surface area contributed by atoms with E-state index >= 15 is 0 Å². The minimum Gasteiger partial charge on any atom is -0.478 e. The van der Waals surface area contributed by atoms with Gasteiger partial charge in [0.05, 0.1) is 16.8 Å². The van der Waals surface area contributed by atoms with Crippen molar-refractivity contribution in [2.45, 2.75) is 13.1 Å². The van der Waals surface area contributed by atoms with E-state index in [4.69, 9.17) is 0 Å². The normalized spacial score (nSPS) is 11.6. The van der Waals surface area contributed by atoms with Gasteiger partial charge in [-0.3, -0.25) is 0 Å². The highest BCUT2D eigenvalue weighted by atomic mass is 79.9. The summed E-state index contributed by atoms with van der Waals surface area (Å²) >= 11 is 3.33. The molecule has 0 atom stereocenters. The van der Waals surface area contributed by atoms with Gasteiger partial charge in [0, 0.05) is 15.9 Å². The summed E-state index contributed by atoms with van der Waals surface area (Å²) in [5.41, 5.74) is 1.06. The summed E-state index contributed by atoms with van der Waals surface area (Å²) in [7, 11) is 0. The van der Waals surface area contributed by atoms with Crippen LogP contribution in [0, 0.1) is 6.92 Å². The van der Waals surface area contributed by atoms with E-state index in [9.17, 15) is 23.1 Å². The van der Waals surface area contributed by atoms with E-state index in [1.807, 2.05) is 0 Å². The van der Waals surface area contributed by atoms with Gasteiger partial charge in [-0.2, -0.15) is 13.2 Å². The molecule has 0 amide bonds. The zero-order valence-electron chi connectivity index (χ0n) is 13.5. The first-order valence-electron chi connectivity index (χ1n) is 7.57. The maximum absolute atomic E-state index is 13.1. The van der Waals surface area contributed by atoms with E-state index in [1.54, 1.807) is 31.2 Å². The summed E-state index contributed by atoms with van der Waals surface area (Å²) in [5.74, 6) is -1.13. The highest BCUT2D eigenvalue weighted by Gasteiger charge is 2.31. The van der Waals surface area contributed by atoms with Crippen molar-refractivity contribution in [1.29, 1.82) is 0 Å². The van der Waals surface area contributed by atoms with Gasteiger partial charge >= 0.3 is 12.1 Å². The molecule has 26 heavy (non-hydrogen) atoms. The quantitative estimate of drug-likeness (QED) is 0.566. The fourth-order valence-electron chi connectivity index (χ4n) is 2.81. The monoisotopic (exact) mass is 423 g/mol. The van der Waals surface area contributed by atoms with Crippen molar-refractivity contribution in [2.75, 3.05) is 0 Å². The minimum absolute atomic E-state index is 0.0420. The summed E-state index contributed by atoms with van der Waals surface area (Å²) in [6.07, 6.45) is -4.48. The number of halogens is 4. The highest BCUT2D eigenvalue weighted by molar-refractivity contribution is 9.10. The first-order chi connectivity index (χ1) is 12.2. The fraction of sp³-hybridized carbons (Fsp3) is 0.105. The number of aromatic carboxylic acids is 1. The number of hydrogen-bond donors (Lipinski definition) is 1. The third-order valence-electron chi connectivity index (χ3n) is 4.05. The smallest absolute Gasteiger partial charge is 0.416 e. The Balaban J connectivity index is 2.26. The topological polar surface area (TPSA) is 42.2 Å². The van der Waals surface area contributed by atoms with Crippen LogP contribution in [0.3, 0.4) is 0 Å². The molecule has 3 aromatic rings. The standard InChI is InChI=1S/C19H13BrF3NO2/c1-11-16(18(25)26)10-17(12-5-7-14(20)8-6-12)24(11)15-4-2-3-13(9-15)19(21,22)23/h2-10H,1H3,(H,25,26). The van der Waals surface area contributed by atoms with E-state index in [-0.39, 0.29) is 11.3 Å². The number of carbonyl (C=O) groups is 1. The summed E-state index contributed by atoms with van der Waals surface area (Å²) in [6, 6.07) is 13.4. The number of rotatable bonds is 3. The first-order valence-corrected chi connectivity index (χ1v) is 8.37. The van der Waals surface area contributed by atoms with Gasteiger partial charge in [-0.15, -0.1) is 0 Å². The summed E-state index contributed by atoms with van der Waals surface area (Å²) in [4.78, 5) is 11.5. The Hall–Kier alpha value is -2.54. The van der Waals surface area contributed by atoms with Gasteiger partial charge in [-0.25, -0.2) is 4.79 Å². The number of carboxylic acids is 1. The Morgan fingerprint density at radius 3 is 2.31 bits per heavy atom. The van der Waals surface area contributed by atoms with Crippen molar-refractivity contribution in [2.24, 2.45) is 0 Å². The summed E-state index contributed by atoms with van der Waals surface area (Å²) < 4.78 is 41.6. The highest BCUT2D eigenvalue weighted by Crippen LogP contribution is 2.34. The van der Waals surface area contributed by atoms with Crippen molar-refractivity contribution in [3.8, 4) is 16.9 Å². The number of hydrogen-bond acceptors (Lipinski definition) is 1. The number of alkyl halides is 3. The van der Waals surface area contributed by atoms with Gasteiger partial charge in [0.1, 0.15) is 0 Å². The molecule has 134 valence electrons. The molecule has 0 aliphatic carbocycles. The second-order valence-electron chi connectivity index (χ2n) is 5.72. The molecule has 0 radical (unpaired) electrons. The van der Waals surface area contributed by atoms with Crippen molar-refractivity contribution in [3.05, 3.63) is 75.9 Å². The average Bonchev–Trinajstić information content (AvgIpc) is 2.92. The SMILES string of the molecule is Cc1c(C(=O)O)cc(-c2ccc(Br)cc2)n1-c1cccc(C(F)(F)F)c1. The second-order valence-corrected chi connectivity index (χ2v) is 6.64. The largest absolute Gasteiger partial charge is 0.478 e. The van der Waals surface area contributed by atoms with E-state index in [0.29, 0.717) is 17.0 Å². The second kappa shape index (κ2) is 6.64. The molecule has 3 nitrogen and oxygen atoms in total. The molecule has 0 unspecified atom stereocenters. The molecule has 0 aliphatic rings. The molecule has 0 saturated carbocycles. The van der Waals surface area contributed by atoms with Crippen LogP contribution in [0.1, 0.15) is 21.6 Å². The fourth-order valence-corrected chi connectivity index (χ4v) is 3.07. The molecule has 1 heterocycles. The molecule has 2 aromatic carbocycles. The lowest BCUT2D eigenvalue weighted by molar-refractivity contribution is -0.137. The maximum Gasteiger partial charge on any atom is 0.416 e. The van der Waals surface area contributed by atoms with Crippen LogP contribution in [0.2, 0.25) is 0 Å². The Bertz CT molecular complexity index is 975.